The molecule has 1 amide bonds. The molecule has 1 fully saturated rings. The number of likely N-dealkylation sites (tertiary alicyclic amines) is 1. The number of benzene rings is 2. The predicted molar refractivity (Wildman–Crippen MR) is 114 cm³/mol. The normalized spacial score (nSPS) is 13.8. The van der Waals surface area contributed by atoms with E-state index >= 15 is 0 Å². The van der Waals surface area contributed by atoms with E-state index in [4.69, 9.17) is 9.15 Å². The van der Waals surface area contributed by atoms with Gasteiger partial charge in [0.25, 0.3) is 5.91 Å². The fourth-order valence-corrected chi connectivity index (χ4v) is 3.44. The van der Waals surface area contributed by atoms with Crippen LogP contribution in [0.3, 0.4) is 0 Å². The van der Waals surface area contributed by atoms with E-state index < -0.39 is 11.4 Å². The summed E-state index contributed by atoms with van der Waals surface area (Å²) in [6.45, 7) is 1.49. The molecular formula is C24H21NO5. The summed E-state index contributed by atoms with van der Waals surface area (Å²) in [6.07, 6.45) is 4.93. The monoisotopic (exact) mass is 403 g/mol. The van der Waals surface area contributed by atoms with Crippen molar-refractivity contribution in [2.75, 3.05) is 19.7 Å². The summed E-state index contributed by atoms with van der Waals surface area (Å²) in [5, 5.41) is 0.679. The Morgan fingerprint density at radius 3 is 2.60 bits per heavy atom. The summed E-state index contributed by atoms with van der Waals surface area (Å²) in [5.74, 6) is -0.00627. The molecule has 0 radical (unpaired) electrons. The average molecular weight is 403 g/mol. The fraction of sp³-hybridized carbons (Fsp3) is 0.208. The molecule has 0 aliphatic carbocycles. The molecule has 0 N–H and O–H groups in total. The number of carbonyl (C=O) groups excluding carboxylic acids is 2. The molecule has 152 valence electrons. The lowest BCUT2D eigenvalue weighted by Gasteiger charge is -2.16. The third-order valence-electron chi connectivity index (χ3n) is 5.05. The van der Waals surface area contributed by atoms with Gasteiger partial charge >= 0.3 is 5.63 Å². The predicted octanol–water partition coefficient (Wildman–Crippen LogP) is 3.69. The highest BCUT2D eigenvalue weighted by molar-refractivity contribution is 6.07. The van der Waals surface area contributed by atoms with Crippen molar-refractivity contribution in [2.45, 2.75) is 12.8 Å². The van der Waals surface area contributed by atoms with E-state index in [0.29, 0.717) is 22.3 Å². The van der Waals surface area contributed by atoms with Crippen molar-refractivity contribution in [1.82, 2.24) is 4.90 Å². The van der Waals surface area contributed by atoms with Gasteiger partial charge in [0, 0.05) is 24.0 Å². The zero-order valence-electron chi connectivity index (χ0n) is 16.4. The van der Waals surface area contributed by atoms with Crippen molar-refractivity contribution in [3.63, 3.8) is 0 Å². The van der Waals surface area contributed by atoms with Crippen LogP contribution in [0.15, 0.2) is 69.9 Å². The highest BCUT2D eigenvalue weighted by Gasteiger charge is 2.18. The molecule has 30 heavy (non-hydrogen) atoms. The zero-order chi connectivity index (χ0) is 20.9. The van der Waals surface area contributed by atoms with E-state index in [1.807, 2.05) is 12.1 Å². The topological polar surface area (TPSA) is 76.8 Å². The fourth-order valence-electron chi connectivity index (χ4n) is 3.44. The number of nitrogens with zero attached hydrogens (tertiary/aromatic N) is 1. The molecule has 1 aliphatic heterocycles. The Balaban J connectivity index is 1.50. The molecule has 0 saturated carbocycles. The quantitative estimate of drug-likeness (QED) is 0.356. The minimum Gasteiger partial charge on any atom is -0.483 e. The van der Waals surface area contributed by atoms with Crippen LogP contribution in [0.4, 0.5) is 0 Å². The molecule has 0 unspecified atom stereocenters. The Kier molecular flexibility index (Phi) is 5.75. The molecule has 2 heterocycles. The highest BCUT2D eigenvalue weighted by atomic mass is 16.5. The molecule has 1 saturated heterocycles. The molecular weight excluding hydrogens is 382 g/mol. The number of para-hydroxylation sites is 2. The van der Waals surface area contributed by atoms with Crippen LogP contribution in [0.1, 0.15) is 28.8 Å². The van der Waals surface area contributed by atoms with Gasteiger partial charge in [0.05, 0.1) is 0 Å². The lowest BCUT2D eigenvalue weighted by Crippen LogP contribution is -2.32. The molecule has 0 bridgehead atoms. The summed E-state index contributed by atoms with van der Waals surface area (Å²) in [7, 11) is 0. The smallest absolute Gasteiger partial charge is 0.347 e. The van der Waals surface area contributed by atoms with Gasteiger partial charge in [0.2, 0.25) is 0 Å². The van der Waals surface area contributed by atoms with E-state index in [0.717, 1.165) is 25.9 Å². The Hall–Kier alpha value is -3.67. The first-order valence-electron chi connectivity index (χ1n) is 9.87. The number of fused-ring (bicyclic) bond motifs is 1. The second-order valence-corrected chi connectivity index (χ2v) is 7.10. The highest BCUT2D eigenvalue weighted by Crippen LogP contribution is 2.21. The minimum absolute atomic E-state index is 0.0347. The number of hydrogen-bond acceptors (Lipinski definition) is 5. The van der Waals surface area contributed by atoms with Gasteiger partial charge in [-0.3, -0.25) is 9.59 Å². The summed E-state index contributed by atoms with van der Waals surface area (Å²) in [5.41, 5.74) is 0.367. The van der Waals surface area contributed by atoms with Crippen LogP contribution in [0.2, 0.25) is 0 Å². The maximum atomic E-state index is 12.6. The average Bonchev–Trinajstić information content (AvgIpc) is 3.31. The van der Waals surface area contributed by atoms with E-state index in [1.54, 1.807) is 47.4 Å². The van der Waals surface area contributed by atoms with Crippen molar-refractivity contribution < 1.29 is 18.7 Å². The largest absolute Gasteiger partial charge is 0.483 e. The van der Waals surface area contributed by atoms with Crippen molar-refractivity contribution in [3.05, 3.63) is 82.2 Å². The van der Waals surface area contributed by atoms with Gasteiger partial charge in [-0.25, -0.2) is 4.79 Å². The zero-order valence-corrected chi connectivity index (χ0v) is 16.4. The van der Waals surface area contributed by atoms with Crippen LogP contribution in [-0.4, -0.2) is 36.3 Å². The molecule has 2 aromatic carbocycles. The first-order chi connectivity index (χ1) is 14.6. The van der Waals surface area contributed by atoms with Crippen LogP contribution in [0.25, 0.3) is 17.0 Å². The van der Waals surface area contributed by atoms with Gasteiger partial charge in [-0.2, -0.15) is 0 Å². The van der Waals surface area contributed by atoms with Crippen molar-refractivity contribution in [2.24, 2.45) is 0 Å². The summed E-state index contributed by atoms with van der Waals surface area (Å²) in [4.78, 5) is 38.8. The van der Waals surface area contributed by atoms with E-state index in [9.17, 15) is 14.4 Å². The third kappa shape index (κ3) is 4.33. The van der Waals surface area contributed by atoms with Crippen molar-refractivity contribution in [1.29, 1.82) is 0 Å². The van der Waals surface area contributed by atoms with Gasteiger partial charge in [-0.05, 0) is 43.2 Å². The summed E-state index contributed by atoms with van der Waals surface area (Å²) >= 11 is 0. The molecule has 0 spiro atoms. The molecule has 1 aliphatic rings. The second kappa shape index (κ2) is 8.78. The number of ketones is 1. The summed E-state index contributed by atoms with van der Waals surface area (Å²) < 4.78 is 10.9. The van der Waals surface area contributed by atoms with E-state index in [-0.39, 0.29) is 18.1 Å². The molecule has 0 atom stereocenters. The Bertz CT molecular complexity index is 1170. The second-order valence-electron chi connectivity index (χ2n) is 7.10. The van der Waals surface area contributed by atoms with E-state index in [1.165, 1.54) is 12.1 Å². The van der Waals surface area contributed by atoms with E-state index in [2.05, 4.69) is 0 Å². The Morgan fingerprint density at radius 1 is 1.03 bits per heavy atom. The molecule has 3 aromatic rings. The maximum Gasteiger partial charge on any atom is 0.347 e. The first-order valence-corrected chi connectivity index (χ1v) is 9.87. The van der Waals surface area contributed by atoms with Crippen molar-refractivity contribution >= 4 is 28.7 Å². The molecule has 6 heteroatoms. The standard InChI is InChI=1S/C24H21NO5/c26-20(19-15-18-8-2-4-10-22(18)30-24(19)28)12-11-17-7-1-3-9-21(17)29-16-23(27)25-13-5-6-14-25/h1-4,7-12,15H,5-6,13-14,16H2/b12-11+. The van der Waals surface area contributed by atoms with Gasteiger partial charge < -0.3 is 14.1 Å². The number of allylic oxidation sites excluding steroid dienone is 1. The molecule has 1 aromatic heterocycles. The number of carbonyl (C=O) groups is 2. The van der Waals surface area contributed by atoms with Gasteiger partial charge in [-0.1, -0.05) is 36.4 Å². The molecule has 4 rings (SSSR count). The lowest BCUT2D eigenvalue weighted by molar-refractivity contribution is -0.132. The van der Waals surface area contributed by atoms with Gasteiger partial charge in [-0.15, -0.1) is 0 Å². The van der Waals surface area contributed by atoms with Crippen molar-refractivity contribution in [3.8, 4) is 5.75 Å². The van der Waals surface area contributed by atoms with Crippen LogP contribution >= 0.6 is 0 Å². The number of amides is 1. The van der Waals surface area contributed by atoms with Crippen LogP contribution in [0, 0.1) is 0 Å². The third-order valence-corrected chi connectivity index (χ3v) is 5.05. The summed E-state index contributed by atoms with van der Waals surface area (Å²) in [6, 6.07) is 15.7. The van der Waals surface area contributed by atoms with Crippen LogP contribution < -0.4 is 10.4 Å². The number of hydrogen-bond donors (Lipinski definition) is 0. The van der Waals surface area contributed by atoms with Crippen LogP contribution in [0.5, 0.6) is 5.75 Å². The maximum absolute atomic E-state index is 12.6. The van der Waals surface area contributed by atoms with Gasteiger partial charge in [0.15, 0.2) is 12.4 Å². The van der Waals surface area contributed by atoms with Crippen LogP contribution in [-0.2, 0) is 4.79 Å². The lowest BCUT2D eigenvalue weighted by atomic mass is 10.1. The number of ether oxygens (including phenoxy) is 1. The first kappa shape index (κ1) is 19.6. The van der Waals surface area contributed by atoms with Gasteiger partial charge in [0.1, 0.15) is 16.9 Å². The Labute approximate surface area is 173 Å². The molecule has 6 nitrogen and oxygen atoms in total. The Morgan fingerprint density at radius 2 is 1.77 bits per heavy atom. The SMILES string of the molecule is O=C(/C=C/c1ccccc1OCC(=O)N1CCCC1)c1cc2ccccc2oc1=O. The minimum atomic E-state index is -0.677. The number of rotatable bonds is 6.